The molecular weight excluding hydrogens is 220 g/mol. The van der Waals surface area contributed by atoms with Crippen LogP contribution in [0.4, 0.5) is 0 Å². The largest absolute Gasteiger partial charge is 0.496 e. The number of hydrogen-bond donors (Lipinski definition) is 0. The number of benzene rings is 3. The summed E-state index contributed by atoms with van der Waals surface area (Å²) in [7, 11) is 1.73. The molecule has 0 saturated heterocycles. The smallest absolute Gasteiger partial charge is 0.126 e. The van der Waals surface area contributed by atoms with Gasteiger partial charge in [0, 0.05) is 10.8 Å². The molecule has 0 heterocycles. The molecule has 86 valence electrons. The highest BCUT2D eigenvalue weighted by molar-refractivity contribution is 6.16. The molecule has 0 bridgehead atoms. The molecule has 1 heteroatoms. The van der Waals surface area contributed by atoms with Crippen LogP contribution in [-0.2, 0) is 0 Å². The van der Waals surface area contributed by atoms with E-state index in [0.29, 0.717) is 0 Å². The normalized spacial score (nSPS) is 11.6. The molecule has 1 aliphatic carbocycles. The topological polar surface area (TPSA) is 9.23 Å². The van der Waals surface area contributed by atoms with Crippen LogP contribution in [0.3, 0.4) is 0 Å². The van der Waals surface area contributed by atoms with Gasteiger partial charge >= 0.3 is 0 Å². The molecule has 0 spiro atoms. The molecule has 0 fully saturated rings. The van der Waals surface area contributed by atoms with Gasteiger partial charge in [-0.2, -0.15) is 0 Å². The highest BCUT2D eigenvalue weighted by Crippen LogP contribution is 2.48. The van der Waals surface area contributed by atoms with Gasteiger partial charge in [-0.1, -0.05) is 48.5 Å². The Hall–Kier alpha value is -2.28. The number of methoxy groups -OCH3 is 1. The maximum absolute atomic E-state index is 5.46. The molecule has 1 aliphatic rings. The van der Waals surface area contributed by atoms with Crippen molar-refractivity contribution in [1.29, 1.82) is 0 Å². The van der Waals surface area contributed by atoms with Gasteiger partial charge < -0.3 is 4.74 Å². The van der Waals surface area contributed by atoms with Crippen LogP contribution in [0, 0.1) is 0 Å². The standard InChI is InChI=1S/C17H12O/c1-18-16-10-9-14-12-6-3-2-5-11(12)13-7-4-8-15(16)17(13)14/h2-10H,1H3. The van der Waals surface area contributed by atoms with E-state index in [9.17, 15) is 0 Å². The predicted octanol–water partition coefficient (Wildman–Crippen LogP) is 4.50. The Morgan fingerprint density at radius 1 is 0.667 bits per heavy atom. The number of rotatable bonds is 1. The van der Waals surface area contributed by atoms with Gasteiger partial charge in [-0.25, -0.2) is 0 Å². The van der Waals surface area contributed by atoms with Crippen LogP contribution in [-0.4, -0.2) is 7.11 Å². The SMILES string of the molecule is COc1ccc2c3c(cccc13)-c1ccccc1-2. The quantitative estimate of drug-likeness (QED) is 0.469. The summed E-state index contributed by atoms with van der Waals surface area (Å²) in [6, 6.07) is 19.2. The van der Waals surface area contributed by atoms with Gasteiger partial charge in [0.2, 0.25) is 0 Å². The third-order valence-corrected chi connectivity index (χ3v) is 3.73. The molecular formula is C17H12O. The third kappa shape index (κ3) is 1.06. The number of ether oxygens (including phenoxy) is 1. The lowest BCUT2D eigenvalue weighted by Crippen LogP contribution is -1.85. The Kier molecular flexibility index (Phi) is 1.81. The monoisotopic (exact) mass is 232 g/mol. The van der Waals surface area contributed by atoms with Crippen LogP contribution < -0.4 is 4.74 Å². The highest BCUT2D eigenvalue weighted by atomic mass is 16.5. The Morgan fingerprint density at radius 2 is 1.33 bits per heavy atom. The fourth-order valence-electron chi connectivity index (χ4n) is 2.96. The molecule has 0 N–H and O–H groups in total. The van der Waals surface area contributed by atoms with Crippen molar-refractivity contribution in [2.24, 2.45) is 0 Å². The van der Waals surface area contributed by atoms with E-state index in [-0.39, 0.29) is 0 Å². The summed E-state index contributed by atoms with van der Waals surface area (Å²) >= 11 is 0. The average Bonchev–Trinajstić information content (AvgIpc) is 2.77. The van der Waals surface area contributed by atoms with Crippen LogP contribution in [0.1, 0.15) is 0 Å². The van der Waals surface area contributed by atoms with Crippen LogP contribution in [0.2, 0.25) is 0 Å². The van der Waals surface area contributed by atoms with Gasteiger partial charge in [0.1, 0.15) is 5.75 Å². The predicted molar refractivity (Wildman–Crippen MR) is 74.9 cm³/mol. The molecule has 0 saturated carbocycles. The fourth-order valence-corrected chi connectivity index (χ4v) is 2.96. The van der Waals surface area contributed by atoms with Gasteiger partial charge in [0.25, 0.3) is 0 Å². The second kappa shape index (κ2) is 3.36. The van der Waals surface area contributed by atoms with Crippen molar-refractivity contribution >= 4 is 10.8 Å². The minimum Gasteiger partial charge on any atom is -0.496 e. The van der Waals surface area contributed by atoms with E-state index >= 15 is 0 Å². The second-order valence-electron chi connectivity index (χ2n) is 4.59. The molecule has 0 atom stereocenters. The zero-order chi connectivity index (χ0) is 12.1. The van der Waals surface area contributed by atoms with Crippen LogP contribution in [0.5, 0.6) is 5.75 Å². The minimum atomic E-state index is 0.948. The first kappa shape index (κ1) is 9.72. The molecule has 0 aromatic heterocycles. The zero-order valence-corrected chi connectivity index (χ0v) is 10.1. The van der Waals surface area contributed by atoms with E-state index in [4.69, 9.17) is 4.74 Å². The van der Waals surface area contributed by atoms with Crippen molar-refractivity contribution in [3.05, 3.63) is 54.6 Å². The van der Waals surface area contributed by atoms with Crippen molar-refractivity contribution < 1.29 is 4.74 Å². The van der Waals surface area contributed by atoms with Crippen molar-refractivity contribution in [3.8, 4) is 28.0 Å². The minimum absolute atomic E-state index is 0.948. The molecule has 1 nitrogen and oxygen atoms in total. The van der Waals surface area contributed by atoms with E-state index in [2.05, 4.69) is 54.6 Å². The molecule has 0 aliphatic heterocycles. The Balaban J connectivity index is 2.23. The molecule has 18 heavy (non-hydrogen) atoms. The summed E-state index contributed by atoms with van der Waals surface area (Å²) < 4.78 is 5.46. The highest BCUT2D eigenvalue weighted by Gasteiger charge is 2.21. The maximum Gasteiger partial charge on any atom is 0.126 e. The Bertz CT molecular complexity index is 742. The molecule has 0 amide bonds. The summed E-state index contributed by atoms with van der Waals surface area (Å²) in [6.45, 7) is 0. The number of fused-ring (bicyclic) bond motifs is 3. The fraction of sp³-hybridized carbons (Fsp3) is 0.0588. The molecule has 0 radical (unpaired) electrons. The van der Waals surface area contributed by atoms with Gasteiger partial charge in [0.15, 0.2) is 0 Å². The van der Waals surface area contributed by atoms with E-state index in [1.54, 1.807) is 7.11 Å². The van der Waals surface area contributed by atoms with Crippen molar-refractivity contribution in [3.63, 3.8) is 0 Å². The van der Waals surface area contributed by atoms with Crippen LogP contribution >= 0.6 is 0 Å². The summed E-state index contributed by atoms with van der Waals surface area (Å²) in [5.41, 5.74) is 5.28. The van der Waals surface area contributed by atoms with Crippen molar-refractivity contribution in [1.82, 2.24) is 0 Å². The summed E-state index contributed by atoms with van der Waals surface area (Å²) in [5.74, 6) is 0.948. The molecule has 3 aromatic rings. The second-order valence-corrected chi connectivity index (χ2v) is 4.59. The van der Waals surface area contributed by atoms with Crippen molar-refractivity contribution in [2.75, 3.05) is 7.11 Å². The van der Waals surface area contributed by atoms with Gasteiger partial charge in [-0.05, 0) is 28.3 Å². The summed E-state index contributed by atoms with van der Waals surface area (Å²) in [5, 5.41) is 2.52. The van der Waals surface area contributed by atoms with E-state index < -0.39 is 0 Å². The molecule has 0 unspecified atom stereocenters. The molecule has 4 rings (SSSR count). The summed E-state index contributed by atoms with van der Waals surface area (Å²) in [4.78, 5) is 0. The maximum atomic E-state index is 5.46. The first-order valence-electron chi connectivity index (χ1n) is 6.09. The van der Waals surface area contributed by atoms with Crippen LogP contribution in [0.25, 0.3) is 33.0 Å². The third-order valence-electron chi connectivity index (χ3n) is 3.73. The first-order chi connectivity index (χ1) is 8.90. The molecule has 3 aromatic carbocycles. The van der Waals surface area contributed by atoms with Crippen molar-refractivity contribution in [2.45, 2.75) is 0 Å². The van der Waals surface area contributed by atoms with E-state index in [1.807, 2.05) is 0 Å². The Morgan fingerprint density at radius 3 is 2.06 bits per heavy atom. The lowest BCUT2D eigenvalue weighted by molar-refractivity contribution is 0.420. The van der Waals surface area contributed by atoms with Gasteiger partial charge in [-0.15, -0.1) is 0 Å². The van der Waals surface area contributed by atoms with Gasteiger partial charge in [-0.3, -0.25) is 0 Å². The van der Waals surface area contributed by atoms with Gasteiger partial charge in [0.05, 0.1) is 7.11 Å². The summed E-state index contributed by atoms with van der Waals surface area (Å²) in [6.07, 6.45) is 0. The average molecular weight is 232 g/mol. The first-order valence-corrected chi connectivity index (χ1v) is 6.09. The zero-order valence-electron chi connectivity index (χ0n) is 10.1. The van der Waals surface area contributed by atoms with Crippen LogP contribution in [0.15, 0.2) is 54.6 Å². The Labute approximate surface area is 106 Å². The number of hydrogen-bond acceptors (Lipinski definition) is 1. The lowest BCUT2D eigenvalue weighted by atomic mass is 10.0. The van der Waals surface area contributed by atoms with E-state index in [1.165, 1.54) is 33.0 Å². The van der Waals surface area contributed by atoms with E-state index in [0.717, 1.165) is 5.75 Å². The lowest BCUT2D eigenvalue weighted by Gasteiger charge is -2.07.